The SMILES string of the molecule is CC(C)Nc1nc(NC(C)C)nc(C2=CCCC(=O)C2)n1. The first-order valence-corrected chi connectivity index (χ1v) is 7.44. The molecule has 0 fully saturated rings. The number of ketones is 1. The zero-order chi connectivity index (χ0) is 15.4. The van der Waals surface area contributed by atoms with Gasteiger partial charge in [0.1, 0.15) is 5.78 Å². The van der Waals surface area contributed by atoms with Crippen LogP contribution in [0.5, 0.6) is 0 Å². The maximum absolute atomic E-state index is 11.6. The standard InChI is InChI=1S/C15H23N5O/c1-9(2)16-14-18-13(11-6-5-7-12(21)8-11)19-15(20-14)17-10(3)4/h6,9-10H,5,7-8H2,1-4H3,(H2,16,17,18,19,20). The van der Waals surface area contributed by atoms with E-state index >= 15 is 0 Å². The van der Waals surface area contributed by atoms with Gasteiger partial charge in [-0.3, -0.25) is 4.79 Å². The summed E-state index contributed by atoms with van der Waals surface area (Å²) in [4.78, 5) is 24.9. The zero-order valence-electron chi connectivity index (χ0n) is 13.1. The van der Waals surface area contributed by atoms with Crippen molar-refractivity contribution in [1.29, 1.82) is 0 Å². The lowest BCUT2D eigenvalue weighted by Gasteiger charge is -2.16. The molecular weight excluding hydrogens is 266 g/mol. The average Bonchev–Trinajstić information content (AvgIpc) is 2.36. The van der Waals surface area contributed by atoms with E-state index in [1.807, 2.05) is 27.7 Å². The number of anilines is 2. The molecule has 0 atom stereocenters. The van der Waals surface area contributed by atoms with Gasteiger partial charge in [-0.1, -0.05) is 6.08 Å². The van der Waals surface area contributed by atoms with Crippen LogP contribution < -0.4 is 10.6 Å². The smallest absolute Gasteiger partial charge is 0.228 e. The minimum atomic E-state index is 0.231. The molecule has 6 heteroatoms. The van der Waals surface area contributed by atoms with Crippen molar-refractivity contribution in [3.63, 3.8) is 0 Å². The fraction of sp³-hybridized carbons (Fsp3) is 0.600. The number of aromatic nitrogens is 3. The molecule has 6 nitrogen and oxygen atoms in total. The topological polar surface area (TPSA) is 79.8 Å². The Kier molecular flexibility index (Phi) is 4.88. The number of hydrogen-bond donors (Lipinski definition) is 2. The third kappa shape index (κ3) is 4.51. The Morgan fingerprint density at radius 3 is 2.05 bits per heavy atom. The van der Waals surface area contributed by atoms with Crippen molar-refractivity contribution < 1.29 is 4.79 Å². The number of nitrogens with zero attached hydrogens (tertiary/aromatic N) is 3. The van der Waals surface area contributed by atoms with Gasteiger partial charge < -0.3 is 10.6 Å². The van der Waals surface area contributed by atoms with Gasteiger partial charge in [-0.2, -0.15) is 15.0 Å². The lowest BCUT2D eigenvalue weighted by molar-refractivity contribution is -0.118. The molecule has 0 unspecified atom stereocenters. The third-order valence-corrected chi connectivity index (χ3v) is 2.96. The molecule has 0 spiro atoms. The zero-order valence-corrected chi connectivity index (χ0v) is 13.1. The van der Waals surface area contributed by atoms with Crippen LogP contribution in [0.15, 0.2) is 6.08 Å². The van der Waals surface area contributed by atoms with Gasteiger partial charge in [0.25, 0.3) is 0 Å². The number of allylic oxidation sites excluding steroid dienone is 2. The highest BCUT2D eigenvalue weighted by atomic mass is 16.1. The summed E-state index contributed by atoms with van der Waals surface area (Å²) in [5, 5.41) is 6.39. The molecule has 114 valence electrons. The lowest BCUT2D eigenvalue weighted by Crippen LogP contribution is -2.19. The quantitative estimate of drug-likeness (QED) is 0.867. The summed E-state index contributed by atoms with van der Waals surface area (Å²) in [5.41, 5.74) is 0.896. The second-order valence-corrected chi connectivity index (χ2v) is 5.89. The number of Topliss-reactive ketones (excluding diaryl/α,β-unsaturated/α-hetero) is 1. The monoisotopic (exact) mass is 289 g/mol. The van der Waals surface area contributed by atoms with E-state index in [0.29, 0.717) is 30.6 Å². The Bertz CT molecular complexity index is 523. The first kappa shape index (κ1) is 15.4. The minimum absolute atomic E-state index is 0.231. The summed E-state index contributed by atoms with van der Waals surface area (Å²) in [6.45, 7) is 8.12. The van der Waals surface area contributed by atoms with Gasteiger partial charge in [-0.05, 0) is 34.1 Å². The summed E-state index contributed by atoms with van der Waals surface area (Å²) in [6, 6.07) is 0.461. The molecule has 0 radical (unpaired) electrons. The molecular formula is C15H23N5O. The fourth-order valence-corrected chi connectivity index (χ4v) is 2.12. The van der Waals surface area contributed by atoms with Crippen LogP contribution in [0.2, 0.25) is 0 Å². The van der Waals surface area contributed by atoms with Crippen LogP contribution in [0.25, 0.3) is 5.57 Å². The Hall–Kier alpha value is -1.98. The van der Waals surface area contributed by atoms with Gasteiger partial charge in [0.05, 0.1) is 0 Å². The summed E-state index contributed by atoms with van der Waals surface area (Å²) in [6.07, 6.45) is 3.84. The number of hydrogen-bond acceptors (Lipinski definition) is 6. The molecule has 1 heterocycles. The van der Waals surface area contributed by atoms with E-state index < -0.39 is 0 Å². The Morgan fingerprint density at radius 2 is 1.57 bits per heavy atom. The van der Waals surface area contributed by atoms with E-state index in [-0.39, 0.29) is 17.9 Å². The van der Waals surface area contributed by atoms with Crippen molar-refractivity contribution in [2.24, 2.45) is 0 Å². The van der Waals surface area contributed by atoms with Crippen molar-refractivity contribution in [3.05, 3.63) is 11.9 Å². The second-order valence-electron chi connectivity index (χ2n) is 5.89. The summed E-state index contributed by atoms with van der Waals surface area (Å²) >= 11 is 0. The van der Waals surface area contributed by atoms with Crippen LogP contribution >= 0.6 is 0 Å². The Labute approximate surface area is 125 Å². The molecule has 21 heavy (non-hydrogen) atoms. The van der Waals surface area contributed by atoms with Crippen LogP contribution in [-0.2, 0) is 4.79 Å². The van der Waals surface area contributed by atoms with E-state index in [1.165, 1.54) is 0 Å². The van der Waals surface area contributed by atoms with Gasteiger partial charge in [0, 0.05) is 30.5 Å². The molecule has 1 aliphatic carbocycles. The molecule has 0 amide bonds. The highest BCUT2D eigenvalue weighted by Crippen LogP contribution is 2.23. The first-order valence-electron chi connectivity index (χ1n) is 7.44. The molecule has 1 aromatic heterocycles. The van der Waals surface area contributed by atoms with Gasteiger partial charge >= 0.3 is 0 Å². The molecule has 2 rings (SSSR count). The molecule has 1 aliphatic rings. The maximum atomic E-state index is 11.6. The number of carbonyl (C=O) groups excluding carboxylic acids is 1. The van der Waals surface area contributed by atoms with Crippen molar-refractivity contribution in [1.82, 2.24) is 15.0 Å². The van der Waals surface area contributed by atoms with Crippen molar-refractivity contribution in [2.75, 3.05) is 10.6 Å². The summed E-state index contributed by atoms with van der Waals surface area (Å²) in [7, 11) is 0. The third-order valence-electron chi connectivity index (χ3n) is 2.96. The number of carbonyl (C=O) groups is 1. The van der Waals surface area contributed by atoms with Crippen LogP contribution in [-0.4, -0.2) is 32.8 Å². The predicted octanol–water partition coefficient (Wildman–Crippen LogP) is 2.65. The van der Waals surface area contributed by atoms with E-state index in [4.69, 9.17) is 0 Å². The van der Waals surface area contributed by atoms with Gasteiger partial charge in [0.15, 0.2) is 5.82 Å². The first-order chi connectivity index (χ1) is 9.94. The molecule has 0 saturated heterocycles. The lowest BCUT2D eigenvalue weighted by atomic mass is 9.98. The second kappa shape index (κ2) is 6.65. The predicted molar refractivity (Wildman–Crippen MR) is 84.2 cm³/mol. The van der Waals surface area contributed by atoms with E-state index in [2.05, 4.69) is 31.7 Å². The van der Waals surface area contributed by atoms with Crippen LogP contribution in [0.3, 0.4) is 0 Å². The van der Waals surface area contributed by atoms with Crippen LogP contribution in [0.4, 0.5) is 11.9 Å². The van der Waals surface area contributed by atoms with E-state index in [9.17, 15) is 4.79 Å². The molecule has 0 saturated carbocycles. The summed E-state index contributed by atoms with van der Waals surface area (Å²) in [5.74, 6) is 1.91. The minimum Gasteiger partial charge on any atom is -0.352 e. The molecule has 2 N–H and O–H groups in total. The van der Waals surface area contributed by atoms with E-state index in [0.717, 1.165) is 12.0 Å². The molecule has 0 aliphatic heterocycles. The molecule has 1 aromatic rings. The van der Waals surface area contributed by atoms with Crippen LogP contribution in [0, 0.1) is 0 Å². The van der Waals surface area contributed by atoms with Crippen molar-refractivity contribution in [3.8, 4) is 0 Å². The highest BCUT2D eigenvalue weighted by Gasteiger charge is 2.17. The number of nitrogens with one attached hydrogen (secondary N) is 2. The molecule has 0 aromatic carbocycles. The highest BCUT2D eigenvalue weighted by molar-refractivity contribution is 5.91. The average molecular weight is 289 g/mol. The van der Waals surface area contributed by atoms with E-state index in [1.54, 1.807) is 0 Å². The maximum Gasteiger partial charge on any atom is 0.228 e. The van der Waals surface area contributed by atoms with Gasteiger partial charge in [-0.25, -0.2) is 0 Å². The van der Waals surface area contributed by atoms with Crippen molar-refractivity contribution >= 4 is 23.3 Å². The van der Waals surface area contributed by atoms with Gasteiger partial charge in [0.2, 0.25) is 11.9 Å². The summed E-state index contributed by atoms with van der Waals surface area (Å²) < 4.78 is 0. The number of rotatable bonds is 5. The Balaban J connectivity index is 2.34. The van der Waals surface area contributed by atoms with Gasteiger partial charge in [-0.15, -0.1) is 0 Å². The molecule has 0 bridgehead atoms. The normalized spacial score (nSPS) is 15.3. The van der Waals surface area contributed by atoms with Crippen LogP contribution in [0.1, 0.15) is 52.8 Å². The van der Waals surface area contributed by atoms with Crippen molar-refractivity contribution in [2.45, 2.75) is 59.0 Å². The Morgan fingerprint density at radius 1 is 1.00 bits per heavy atom. The largest absolute Gasteiger partial charge is 0.352 e. The fourth-order valence-electron chi connectivity index (χ4n) is 2.12.